The van der Waals surface area contributed by atoms with Gasteiger partial charge in [0, 0.05) is 0 Å². The average Bonchev–Trinajstić information content (AvgIpc) is 2.76. The minimum atomic E-state index is -0.162. The van der Waals surface area contributed by atoms with Gasteiger partial charge in [-0.1, -0.05) is 32.4 Å². The maximum Gasteiger partial charge on any atom is 0.0724 e. The van der Waals surface area contributed by atoms with Gasteiger partial charge in [-0.2, -0.15) is 0 Å². The van der Waals surface area contributed by atoms with Crippen molar-refractivity contribution in [3.05, 3.63) is 11.6 Å². The highest BCUT2D eigenvalue weighted by atomic mass is 16.3. The van der Waals surface area contributed by atoms with Crippen molar-refractivity contribution in [2.45, 2.75) is 78.2 Å². The maximum atomic E-state index is 10.0. The molecule has 4 aliphatic carbocycles. The molecule has 0 aromatic heterocycles. The molecule has 3 unspecified atom stereocenters. The number of allylic oxidation sites excluding steroid dienone is 1. The van der Waals surface area contributed by atoms with Crippen LogP contribution in [0.15, 0.2) is 11.6 Å². The molecule has 4 rings (SSSR count). The minimum Gasteiger partial charge on any atom is -0.389 e. The van der Waals surface area contributed by atoms with Crippen molar-refractivity contribution in [1.29, 1.82) is 0 Å². The largest absolute Gasteiger partial charge is 0.389 e. The van der Waals surface area contributed by atoms with Gasteiger partial charge < -0.3 is 5.11 Å². The fourth-order valence-corrected chi connectivity index (χ4v) is 6.97. The molecule has 0 saturated heterocycles. The van der Waals surface area contributed by atoms with Gasteiger partial charge in [0.1, 0.15) is 0 Å². The summed E-state index contributed by atoms with van der Waals surface area (Å²) in [4.78, 5) is 0. The predicted molar refractivity (Wildman–Crippen MR) is 86.9 cm³/mol. The zero-order valence-electron chi connectivity index (χ0n) is 14.1. The molecule has 0 aliphatic heterocycles. The van der Waals surface area contributed by atoms with Crippen LogP contribution in [0.2, 0.25) is 0 Å². The summed E-state index contributed by atoms with van der Waals surface area (Å²) in [6, 6.07) is 0. The molecule has 7 atom stereocenters. The van der Waals surface area contributed by atoms with E-state index in [4.69, 9.17) is 0 Å². The zero-order chi connectivity index (χ0) is 14.8. The summed E-state index contributed by atoms with van der Waals surface area (Å²) in [5, 5.41) is 10.0. The fourth-order valence-electron chi connectivity index (χ4n) is 6.97. The summed E-state index contributed by atoms with van der Waals surface area (Å²) in [5.41, 5.74) is 2.65. The SMILES string of the molecule is C[C@H]1CCC2C3CCC4=C[C@H](O)CC[C@]4(C)C3CC[C@@]21C. The number of fused-ring (bicyclic) bond motifs is 5. The number of aliphatic hydroxyl groups is 1. The summed E-state index contributed by atoms with van der Waals surface area (Å²) in [5.74, 6) is 3.78. The summed E-state index contributed by atoms with van der Waals surface area (Å²) in [6.07, 6.45) is 12.8. The van der Waals surface area contributed by atoms with E-state index >= 15 is 0 Å². The molecule has 0 bridgehead atoms. The van der Waals surface area contributed by atoms with E-state index in [1.54, 1.807) is 5.57 Å². The van der Waals surface area contributed by atoms with Gasteiger partial charge in [0.25, 0.3) is 0 Å². The molecule has 4 aliphatic rings. The Hall–Kier alpha value is -0.300. The van der Waals surface area contributed by atoms with Gasteiger partial charge in [0.2, 0.25) is 0 Å². The van der Waals surface area contributed by atoms with E-state index in [2.05, 4.69) is 26.8 Å². The average molecular weight is 288 g/mol. The fraction of sp³-hybridized carbons (Fsp3) is 0.900. The summed E-state index contributed by atoms with van der Waals surface area (Å²) < 4.78 is 0. The zero-order valence-corrected chi connectivity index (χ0v) is 14.1. The molecule has 1 N–H and O–H groups in total. The lowest BCUT2D eigenvalue weighted by atomic mass is 9.47. The Bertz CT molecular complexity index is 466. The highest BCUT2D eigenvalue weighted by Gasteiger charge is 2.57. The highest BCUT2D eigenvalue weighted by Crippen LogP contribution is 2.66. The van der Waals surface area contributed by atoms with Gasteiger partial charge >= 0.3 is 0 Å². The number of hydrogen-bond acceptors (Lipinski definition) is 1. The molecule has 0 aromatic rings. The first kappa shape index (κ1) is 14.3. The summed E-state index contributed by atoms with van der Waals surface area (Å²) in [7, 11) is 0. The first-order chi connectivity index (χ1) is 9.95. The van der Waals surface area contributed by atoms with E-state index in [1.165, 1.54) is 44.9 Å². The van der Waals surface area contributed by atoms with E-state index in [-0.39, 0.29) is 6.10 Å². The van der Waals surface area contributed by atoms with Crippen molar-refractivity contribution in [2.24, 2.45) is 34.5 Å². The summed E-state index contributed by atoms with van der Waals surface area (Å²) in [6.45, 7) is 7.64. The lowest BCUT2D eigenvalue weighted by Crippen LogP contribution is -2.50. The smallest absolute Gasteiger partial charge is 0.0724 e. The molecular weight excluding hydrogens is 256 g/mol. The van der Waals surface area contributed by atoms with Gasteiger partial charge in [0.05, 0.1) is 6.10 Å². The molecule has 0 radical (unpaired) electrons. The van der Waals surface area contributed by atoms with Crippen LogP contribution in [0.3, 0.4) is 0 Å². The van der Waals surface area contributed by atoms with E-state index in [9.17, 15) is 5.11 Å². The molecular formula is C20H32O. The van der Waals surface area contributed by atoms with Crippen LogP contribution in [0.1, 0.15) is 72.1 Å². The Labute approximate surface area is 130 Å². The van der Waals surface area contributed by atoms with Gasteiger partial charge in [0.15, 0.2) is 0 Å². The van der Waals surface area contributed by atoms with E-state index in [1.807, 2.05) is 0 Å². The molecule has 0 spiro atoms. The van der Waals surface area contributed by atoms with E-state index < -0.39 is 0 Å². The van der Waals surface area contributed by atoms with Crippen LogP contribution in [0.5, 0.6) is 0 Å². The van der Waals surface area contributed by atoms with Crippen molar-refractivity contribution >= 4 is 0 Å². The Kier molecular flexibility index (Phi) is 3.13. The molecule has 0 aromatic carbocycles. The molecule has 0 heterocycles. The first-order valence-corrected chi connectivity index (χ1v) is 9.34. The van der Waals surface area contributed by atoms with Crippen LogP contribution < -0.4 is 0 Å². The monoisotopic (exact) mass is 288 g/mol. The third-order valence-electron chi connectivity index (χ3n) is 8.56. The first-order valence-electron chi connectivity index (χ1n) is 9.34. The van der Waals surface area contributed by atoms with Crippen LogP contribution in [0.25, 0.3) is 0 Å². The third-order valence-corrected chi connectivity index (χ3v) is 8.56. The summed E-state index contributed by atoms with van der Waals surface area (Å²) >= 11 is 0. The maximum absolute atomic E-state index is 10.0. The molecule has 3 saturated carbocycles. The quantitative estimate of drug-likeness (QED) is 0.626. The minimum absolute atomic E-state index is 0.162. The van der Waals surface area contributed by atoms with E-state index in [0.717, 1.165) is 30.1 Å². The van der Waals surface area contributed by atoms with Crippen molar-refractivity contribution in [1.82, 2.24) is 0 Å². The van der Waals surface area contributed by atoms with Crippen LogP contribution in [-0.4, -0.2) is 11.2 Å². The second-order valence-corrected chi connectivity index (χ2v) is 9.15. The lowest BCUT2D eigenvalue weighted by molar-refractivity contribution is -0.0528. The Morgan fingerprint density at radius 1 is 1.00 bits per heavy atom. The molecule has 118 valence electrons. The van der Waals surface area contributed by atoms with Gasteiger partial charge in [-0.3, -0.25) is 0 Å². The second kappa shape index (κ2) is 4.60. The molecule has 3 fully saturated rings. The standard InChI is InChI=1S/C20H32O/c1-13-4-7-17-16-6-5-14-12-15(21)8-10-20(14,3)18(16)9-11-19(13,17)2/h12-13,15-18,21H,4-11H2,1-3H3/t13-,15+,16?,17?,18?,19+,20-/m0/s1. The second-order valence-electron chi connectivity index (χ2n) is 9.15. The van der Waals surface area contributed by atoms with E-state index in [0.29, 0.717) is 10.8 Å². The molecule has 0 amide bonds. The van der Waals surface area contributed by atoms with Crippen LogP contribution in [0, 0.1) is 34.5 Å². The lowest BCUT2D eigenvalue weighted by Gasteiger charge is -2.58. The Morgan fingerprint density at radius 2 is 1.81 bits per heavy atom. The molecule has 1 nitrogen and oxygen atoms in total. The van der Waals surface area contributed by atoms with Gasteiger partial charge in [-0.05, 0) is 85.9 Å². The molecule has 1 heteroatoms. The van der Waals surface area contributed by atoms with Crippen molar-refractivity contribution in [2.75, 3.05) is 0 Å². The van der Waals surface area contributed by atoms with Crippen molar-refractivity contribution < 1.29 is 5.11 Å². The van der Waals surface area contributed by atoms with Gasteiger partial charge in [-0.15, -0.1) is 0 Å². The van der Waals surface area contributed by atoms with Crippen molar-refractivity contribution in [3.8, 4) is 0 Å². The van der Waals surface area contributed by atoms with Crippen LogP contribution >= 0.6 is 0 Å². The predicted octanol–water partition coefficient (Wildman–Crippen LogP) is 4.95. The normalized spacial score (nSPS) is 56.2. The number of aliphatic hydroxyl groups excluding tert-OH is 1. The highest BCUT2D eigenvalue weighted by molar-refractivity contribution is 5.25. The van der Waals surface area contributed by atoms with Crippen LogP contribution in [0.4, 0.5) is 0 Å². The number of hydrogen-bond donors (Lipinski definition) is 1. The molecule has 21 heavy (non-hydrogen) atoms. The number of rotatable bonds is 0. The van der Waals surface area contributed by atoms with Gasteiger partial charge in [-0.25, -0.2) is 0 Å². The van der Waals surface area contributed by atoms with Crippen LogP contribution in [-0.2, 0) is 0 Å². The topological polar surface area (TPSA) is 20.2 Å². The van der Waals surface area contributed by atoms with Crippen molar-refractivity contribution in [3.63, 3.8) is 0 Å². The third kappa shape index (κ3) is 1.85. The Morgan fingerprint density at radius 3 is 2.62 bits per heavy atom. The Balaban J connectivity index is 1.67.